The predicted octanol–water partition coefficient (Wildman–Crippen LogP) is 3.85. The number of nitrogens with zero attached hydrogens (tertiary/aromatic N) is 3. The maximum atomic E-state index is 13.1. The minimum absolute atomic E-state index is 0.0578. The van der Waals surface area contributed by atoms with E-state index in [1.54, 1.807) is 29.1 Å². The number of hydrogen-bond acceptors (Lipinski definition) is 3. The van der Waals surface area contributed by atoms with Crippen molar-refractivity contribution in [1.82, 2.24) is 20.3 Å². The van der Waals surface area contributed by atoms with E-state index in [1.165, 1.54) is 0 Å². The van der Waals surface area contributed by atoms with Crippen molar-refractivity contribution in [2.75, 3.05) is 0 Å². The first-order valence-corrected chi connectivity index (χ1v) is 7.66. The van der Waals surface area contributed by atoms with E-state index >= 15 is 0 Å². The number of hydrogen-bond donors (Lipinski definition) is 1. The molecule has 0 radical (unpaired) electrons. The van der Waals surface area contributed by atoms with Gasteiger partial charge in [-0.25, -0.2) is 13.5 Å². The number of benzene rings is 1. The number of halogens is 4. The van der Waals surface area contributed by atoms with Crippen molar-refractivity contribution >= 4 is 23.2 Å². The van der Waals surface area contributed by atoms with Crippen molar-refractivity contribution in [3.63, 3.8) is 0 Å². The molecule has 118 valence electrons. The molecule has 0 saturated heterocycles. The second kappa shape index (κ2) is 6.10. The predicted molar refractivity (Wildman–Crippen MR) is 80.8 cm³/mol. The van der Waals surface area contributed by atoms with Gasteiger partial charge >= 0.3 is 0 Å². The monoisotopic (exact) mass is 346 g/mol. The largest absolute Gasteiger partial charge is 0.308 e. The normalized spacial score (nSPS) is 20.5. The van der Waals surface area contributed by atoms with Crippen LogP contribution in [0.1, 0.15) is 25.0 Å². The summed E-state index contributed by atoms with van der Waals surface area (Å²) in [5, 5.41) is 12.1. The quantitative estimate of drug-likeness (QED) is 0.914. The minimum atomic E-state index is -2.55. The highest BCUT2D eigenvalue weighted by atomic mass is 35.5. The molecule has 1 N–H and O–H groups in total. The summed E-state index contributed by atoms with van der Waals surface area (Å²) < 4.78 is 27.8. The van der Waals surface area contributed by atoms with Crippen LogP contribution < -0.4 is 5.32 Å². The van der Waals surface area contributed by atoms with Gasteiger partial charge in [-0.2, -0.15) is 0 Å². The Hall–Kier alpha value is -1.24. The molecule has 1 fully saturated rings. The maximum absolute atomic E-state index is 13.1. The highest BCUT2D eigenvalue weighted by Gasteiger charge is 2.39. The molecule has 4 nitrogen and oxygen atoms in total. The number of aromatic nitrogens is 3. The Balaban J connectivity index is 1.64. The topological polar surface area (TPSA) is 42.7 Å². The molecule has 0 amide bonds. The zero-order chi connectivity index (χ0) is 15.7. The van der Waals surface area contributed by atoms with Gasteiger partial charge < -0.3 is 5.32 Å². The zero-order valence-electron chi connectivity index (χ0n) is 11.6. The fraction of sp³-hybridized carbons (Fsp3) is 0.429. The van der Waals surface area contributed by atoms with Gasteiger partial charge in [0.05, 0.1) is 22.6 Å². The molecule has 0 bridgehead atoms. The summed E-state index contributed by atoms with van der Waals surface area (Å²) in [6.07, 6.45) is 2.02. The lowest BCUT2D eigenvalue weighted by molar-refractivity contribution is 0.00686. The maximum Gasteiger partial charge on any atom is 0.249 e. The number of alkyl halides is 2. The van der Waals surface area contributed by atoms with Gasteiger partial charge in [-0.05, 0) is 24.6 Å². The first-order chi connectivity index (χ1) is 10.4. The van der Waals surface area contributed by atoms with E-state index in [2.05, 4.69) is 15.6 Å². The third-order valence-electron chi connectivity index (χ3n) is 3.67. The molecule has 1 saturated carbocycles. The van der Waals surface area contributed by atoms with Gasteiger partial charge in [0.15, 0.2) is 0 Å². The molecule has 1 atom stereocenters. The number of nitrogens with one attached hydrogen (secondary N) is 1. The molecule has 1 heterocycles. The summed E-state index contributed by atoms with van der Waals surface area (Å²) in [5.74, 6) is -2.55. The zero-order valence-corrected chi connectivity index (χ0v) is 13.1. The van der Waals surface area contributed by atoms with Crippen LogP contribution in [0, 0.1) is 0 Å². The summed E-state index contributed by atoms with van der Waals surface area (Å²) in [7, 11) is 0. The van der Waals surface area contributed by atoms with Gasteiger partial charge in [0.25, 0.3) is 0 Å². The third kappa shape index (κ3) is 3.56. The molecule has 22 heavy (non-hydrogen) atoms. The van der Waals surface area contributed by atoms with Crippen LogP contribution in [0.4, 0.5) is 8.78 Å². The van der Waals surface area contributed by atoms with E-state index < -0.39 is 5.92 Å². The molecule has 0 aliphatic heterocycles. The van der Waals surface area contributed by atoms with Gasteiger partial charge in [0.2, 0.25) is 5.92 Å². The van der Waals surface area contributed by atoms with Crippen molar-refractivity contribution in [2.45, 2.75) is 37.8 Å². The van der Waals surface area contributed by atoms with Crippen LogP contribution >= 0.6 is 23.2 Å². The fourth-order valence-electron chi connectivity index (χ4n) is 2.54. The van der Waals surface area contributed by atoms with Crippen molar-refractivity contribution in [3.05, 3.63) is 40.1 Å². The Bertz CT molecular complexity index is 675. The highest BCUT2D eigenvalue weighted by Crippen LogP contribution is 2.34. The molecule has 1 aromatic carbocycles. The molecule has 8 heteroatoms. The first kappa shape index (κ1) is 15.6. The molecule has 2 aromatic rings. The van der Waals surface area contributed by atoms with Crippen LogP contribution in [0.5, 0.6) is 0 Å². The van der Waals surface area contributed by atoms with E-state index in [-0.39, 0.29) is 18.9 Å². The summed E-state index contributed by atoms with van der Waals surface area (Å²) >= 11 is 12.0. The lowest BCUT2D eigenvalue weighted by Gasteiger charge is -2.11. The van der Waals surface area contributed by atoms with Crippen LogP contribution in [0.2, 0.25) is 10.0 Å². The average Bonchev–Trinajstić information content (AvgIpc) is 3.03. The van der Waals surface area contributed by atoms with E-state index in [1.807, 2.05) is 0 Å². The average molecular weight is 347 g/mol. The molecular weight excluding hydrogens is 333 g/mol. The van der Waals surface area contributed by atoms with Crippen LogP contribution in [-0.4, -0.2) is 27.0 Å². The van der Waals surface area contributed by atoms with Crippen molar-refractivity contribution in [3.8, 4) is 5.69 Å². The standard InChI is InChI=1S/C14H14Cl2F2N4/c15-9-1-2-13(12(16)5-9)22-8-11(20-21-22)7-19-10-3-4-14(17,18)6-10/h1-2,5,8,10,19H,3-4,6-7H2. The Morgan fingerprint density at radius 3 is 2.86 bits per heavy atom. The van der Waals surface area contributed by atoms with Crippen LogP contribution in [0.3, 0.4) is 0 Å². The summed E-state index contributed by atoms with van der Waals surface area (Å²) in [6.45, 7) is 0.395. The second-order valence-electron chi connectivity index (χ2n) is 5.43. The van der Waals surface area contributed by atoms with Gasteiger partial charge in [-0.15, -0.1) is 5.10 Å². The summed E-state index contributed by atoms with van der Waals surface area (Å²) in [5.41, 5.74) is 1.33. The Kier molecular flexibility index (Phi) is 4.34. The van der Waals surface area contributed by atoms with Gasteiger partial charge in [-0.1, -0.05) is 28.4 Å². The van der Waals surface area contributed by atoms with Crippen molar-refractivity contribution < 1.29 is 8.78 Å². The van der Waals surface area contributed by atoms with Crippen LogP contribution in [0.25, 0.3) is 5.69 Å². The van der Waals surface area contributed by atoms with Crippen LogP contribution in [-0.2, 0) is 6.54 Å². The van der Waals surface area contributed by atoms with Gasteiger partial charge in [0.1, 0.15) is 0 Å². The smallest absolute Gasteiger partial charge is 0.249 e. The Labute approximate surface area is 136 Å². The van der Waals surface area contributed by atoms with E-state index in [0.29, 0.717) is 34.4 Å². The molecule has 1 unspecified atom stereocenters. The third-order valence-corrected chi connectivity index (χ3v) is 4.21. The Morgan fingerprint density at radius 1 is 1.36 bits per heavy atom. The summed E-state index contributed by atoms with van der Waals surface area (Å²) in [6, 6.07) is 4.90. The van der Waals surface area contributed by atoms with Gasteiger partial charge in [-0.3, -0.25) is 0 Å². The molecule has 0 spiro atoms. The lowest BCUT2D eigenvalue weighted by Crippen LogP contribution is -2.27. The first-order valence-electron chi connectivity index (χ1n) is 6.91. The summed E-state index contributed by atoms with van der Waals surface area (Å²) in [4.78, 5) is 0. The molecule has 3 rings (SSSR count). The molecule has 1 aliphatic rings. The molecule has 1 aromatic heterocycles. The minimum Gasteiger partial charge on any atom is -0.308 e. The molecule has 1 aliphatic carbocycles. The number of rotatable bonds is 4. The van der Waals surface area contributed by atoms with Gasteiger partial charge in [0, 0.05) is 30.5 Å². The lowest BCUT2D eigenvalue weighted by atomic mass is 10.2. The van der Waals surface area contributed by atoms with E-state index in [4.69, 9.17) is 23.2 Å². The van der Waals surface area contributed by atoms with E-state index in [9.17, 15) is 8.78 Å². The van der Waals surface area contributed by atoms with Crippen LogP contribution in [0.15, 0.2) is 24.4 Å². The highest BCUT2D eigenvalue weighted by molar-refractivity contribution is 6.35. The van der Waals surface area contributed by atoms with Crippen molar-refractivity contribution in [2.24, 2.45) is 0 Å². The fourth-order valence-corrected chi connectivity index (χ4v) is 3.03. The SMILES string of the molecule is FC1(F)CCC(NCc2cn(-c3ccc(Cl)cc3Cl)nn2)C1. The molecular formula is C14H14Cl2F2N4. The van der Waals surface area contributed by atoms with E-state index in [0.717, 1.165) is 0 Å². The second-order valence-corrected chi connectivity index (χ2v) is 6.27. The van der Waals surface area contributed by atoms with Crippen molar-refractivity contribution in [1.29, 1.82) is 0 Å². The Morgan fingerprint density at radius 2 is 2.18 bits per heavy atom.